The summed E-state index contributed by atoms with van der Waals surface area (Å²) in [5.74, 6) is 0.386. The third-order valence-corrected chi connectivity index (χ3v) is 6.64. The second-order valence-corrected chi connectivity index (χ2v) is 8.82. The lowest BCUT2D eigenvalue weighted by atomic mass is 9.79. The van der Waals surface area contributed by atoms with Crippen LogP contribution in [0, 0.1) is 19.8 Å². The monoisotopic (exact) mass is 404 g/mol. The van der Waals surface area contributed by atoms with Gasteiger partial charge in [0, 0.05) is 5.92 Å². The summed E-state index contributed by atoms with van der Waals surface area (Å²) < 4.78 is 0. The molecule has 0 saturated heterocycles. The molecule has 0 aliphatic heterocycles. The van der Waals surface area contributed by atoms with Crippen molar-refractivity contribution >= 4 is 16.7 Å². The van der Waals surface area contributed by atoms with Crippen molar-refractivity contribution in [2.45, 2.75) is 39.5 Å². The maximum atomic E-state index is 4.57. The molecule has 0 aromatic heterocycles. The van der Waals surface area contributed by atoms with Gasteiger partial charge in [-0.3, -0.25) is 0 Å². The van der Waals surface area contributed by atoms with Crippen molar-refractivity contribution in [1.82, 2.24) is 0 Å². The van der Waals surface area contributed by atoms with Gasteiger partial charge in [0.15, 0.2) is 0 Å². The smallest absolute Gasteiger partial charge is 0.00242 e. The Bertz CT molecular complexity index is 1130. The summed E-state index contributed by atoms with van der Waals surface area (Å²) in [6, 6.07) is 26.1. The molecule has 31 heavy (non-hydrogen) atoms. The fourth-order valence-corrected chi connectivity index (χ4v) is 4.57. The fraction of sp³-hybridized carbons (Fsp3) is 0.226. The zero-order valence-corrected chi connectivity index (χ0v) is 18.8. The summed E-state index contributed by atoms with van der Waals surface area (Å²) in [4.78, 5) is 0. The highest BCUT2D eigenvalue weighted by molar-refractivity contribution is 5.77. The van der Waals surface area contributed by atoms with Crippen LogP contribution in [0.4, 0.5) is 0 Å². The molecule has 0 heteroatoms. The molecule has 156 valence electrons. The van der Waals surface area contributed by atoms with Gasteiger partial charge in [0.25, 0.3) is 0 Å². The molecule has 4 rings (SSSR count). The molecule has 3 aromatic carbocycles. The summed E-state index contributed by atoms with van der Waals surface area (Å²) in [6.45, 7) is 13.3. The van der Waals surface area contributed by atoms with Crippen LogP contribution in [0.2, 0.25) is 0 Å². The predicted octanol–water partition coefficient (Wildman–Crippen LogP) is 8.46. The molecule has 1 aliphatic carbocycles. The quantitative estimate of drug-likeness (QED) is 0.386. The average Bonchev–Trinajstić information content (AvgIpc) is 2.81. The van der Waals surface area contributed by atoms with Gasteiger partial charge in [-0.1, -0.05) is 92.0 Å². The maximum Gasteiger partial charge on any atom is 0.00242 e. The van der Waals surface area contributed by atoms with Crippen LogP contribution in [0.1, 0.15) is 52.6 Å². The first-order valence-electron chi connectivity index (χ1n) is 11.3. The van der Waals surface area contributed by atoms with Crippen LogP contribution in [0.5, 0.6) is 0 Å². The maximum absolute atomic E-state index is 4.57. The van der Waals surface area contributed by atoms with E-state index in [2.05, 4.69) is 106 Å². The standard InChI is InChI=1S/C31H32/c1-22-17-18-29(19-23(22)2)28-15-10-14-27(21-28)25(4)31-16-9-8-13-30(31)20-24(3)26-11-6-5-7-12-26/h5-9,11-13,16-19,21,27H,3-4,10,14-15,20H2,1-2H3. The van der Waals surface area contributed by atoms with Crippen LogP contribution in [-0.2, 0) is 6.42 Å². The predicted molar refractivity (Wildman–Crippen MR) is 136 cm³/mol. The molecule has 0 bridgehead atoms. The Morgan fingerprint density at radius 3 is 2.39 bits per heavy atom. The molecule has 0 fully saturated rings. The molecule has 0 saturated carbocycles. The third-order valence-electron chi connectivity index (χ3n) is 6.64. The Kier molecular flexibility index (Phi) is 6.37. The van der Waals surface area contributed by atoms with Crippen molar-refractivity contribution in [2.75, 3.05) is 0 Å². The Hall–Kier alpha value is -3.12. The summed E-state index contributed by atoms with van der Waals surface area (Å²) >= 11 is 0. The van der Waals surface area contributed by atoms with E-state index < -0.39 is 0 Å². The van der Waals surface area contributed by atoms with Crippen molar-refractivity contribution in [3.63, 3.8) is 0 Å². The van der Waals surface area contributed by atoms with Gasteiger partial charge >= 0.3 is 0 Å². The third kappa shape index (κ3) is 4.80. The minimum atomic E-state index is 0.386. The van der Waals surface area contributed by atoms with Gasteiger partial charge in [-0.25, -0.2) is 0 Å². The molecular weight excluding hydrogens is 372 g/mol. The van der Waals surface area contributed by atoms with Crippen LogP contribution in [0.3, 0.4) is 0 Å². The van der Waals surface area contributed by atoms with Gasteiger partial charge in [0.2, 0.25) is 0 Å². The van der Waals surface area contributed by atoms with E-state index in [-0.39, 0.29) is 0 Å². The first kappa shape index (κ1) is 21.1. The van der Waals surface area contributed by atoms with Crippen molar-refractivity contribution in [1.29, 1.82) is 0 Å². The van der Waals surface area contributed by atoms with E-state index in [9.17, 15) is 0 Å². The average molecular weight is 405 g/mol. The second kappa shape index (κ2) is 9.35. The molecule has 3 aromatic rings. The highest BCUT2D eigenvalue weighted by Gasteiger charge is 2.20. The van der Waals surface area contributed by atoms with E-state index in [4.69, 9.17) is 0 Å². The van der Waals surface area contributed by atoms with Crippen LogP contribution in [0.25, 0.3) is 16.7 Å². The number of aryl methyl sites for hydroxylation is 2. The van der Waals surface area contributed by atoms with Gasteiger partial charge in [0.1, 0.15) is 0 Å². The summed E-state index contributed by atoms with van der Waals surface area (Å²) in [5, 5.41) is 0. The molecule has 1 unspecified atom stereocenters. The Morgan fingerprint density at radius 1 is 0.871 bits per heavy atom. The van der Waals surface area contributed by atoms with E-state index in [1.807, 2.05) is 0 Å². The summed E-state index contributed by atoms with van der Waals surface area (Å²) in [5.41, 5.74) is 11.7. The molecule has 0 nitrogen and oxygen atoms in total. The first-order valence-corrected chi connectivity index (χ1v) is 11.3. The lowest BCUT2D eigenvalue weighted by Gasteiger charge is -2.25. The number of benzene rings is 3. The van der Waals surface area contributed by atoms with E-state index in [0.717, 1.165) is 18.4 Å². The lowest BCUT2D eigenvalue weighted by Crippen LogP contribution is -2.08. The highest BCUT2D eigenvalue weighted by Crippen LogP contribution is 2.38. The Labute approximate surface area is 187 Å². The SMILES string of the molecule is C=C(Cc1ccccc1C(=C)C1C=C(c2ccc(C)c(C)c2)CCC1)c1ccccc1. The molecule has 1 atom stereocenters. The van der Waals surface area contributed by atoms with Gasteiger partial charge in [-0.05, 0) is 89.6 Å². The number of hydrogen-bond donors (Lipinski definition) is 0. The summed E-state index contributed by atoms with van der Waals surface area (Å²) in [6.07, 6.45) is 6.85. The minimum Gasteiger partial charge on any atom is -0.0949 e. The van der Waals surface area contributed by atoms with Crippen LogP contribution in [0.15, 0.2) is 92.0 Å². The lowest BCUT2D eigenvalue weighted by molar-refractivity contribution is 0.652. The van der Waals surface area contributed by atoms with Gasteiger partial charge in [-0.2, -0.15) is 0 Å². The topological polar surface area (TPSA) is 0 Å². The van der Waals surface area contributed by atoms with Gasteiger partial charge in [0.05, 0.1) is 0 Å². The van der Waals surface area contributed by atoms with Crippen molar-refractivity contribution < 1.29 is 0 Å². The minimum absolute atomic E-state index is 0.386. The zero-order chi connectivity index (χ0) is 21.8. The molecule has 0 heterocycles. The van der Waals surface area contributed by atoms with Gasteiger partial charge < -0.3 is 0 Å². The van der Waals surface area contributed by atoms with E-state index in [0.29, 0.717) is 5.92 Å². The zero-order valence-electron chi connectivity index (χ0n) is 18.8. The first-order chi connectivity index (χ1) is 15.0. The molecular formula is C31H32. The number of hydrogen-bond acceptors (Lipinski definition) is 0. The Morgan fingerprint density at radius 2 is 1.61 bits per heavy atom. The largest absolute Gasteiger partial charge is 0.0949 e. The molecule has 1 aliphatic rings. The summed E-state index contributed by atoms with van der Waals surface area (Å²) in [7, 11) is 0. The van der Waals surface area contributed by atoms with Crippen LogP contribution >= 0.6 is 0 Å². The molecule has 0 amide bonds. The molecule has 0 spiro atoms. The van der Waals surface area contributed by atoms with Gasteiger partial charge in [-0.15, -0.1) is 0 Å². The number of allylic oxidation sites excluding steroid dienone is 4. The normalized spacial score (nSPS) is 15.9. The number of rotatable bonds is 6. The molecule has 0 radical (unpaired) electrons. The van der Waals surface area contributed by atoms with Crippen molar-refractivity contribution in [2.24, 2.45) is 5.92 Å². The highest BCUT2D eigenvalue weighted by atomic mass is 14.2. The van der Waals surface area contributed by atoms with E-state index in [1.54, 1.807) is 0 Å². The van der Waals surface area contributed by atoms with Crippen molar-refractivity contribution in [3.05, 3.63) is 125 Å². The Balaban J connectivity index is 1.59. The fourth-order valence-electron chi connectivity index (χ4n) is 4.57. The van der Waals surface area contributed by atoms with Crippen molar-refractivity contribution in [3.8, 4) is 0 Å². The van der Waals surface area contributed by atoms with Crippen LogP contribution in [-0.4, -0.2) is 0 Å². The van der Waals surface area contributed by atoms with Crippen LogP contribution < -0.4 is 0 Å². The van der Waals surface area contributed by atoms with E-state index in [1.165, 1.54) is 57.4 Å². The van der Waals surface area contributed by atoms with E-state index >= 15 is 0 Å². The molecule has 0 N–H and O–H groups in total. The second-order valence-electron chi connectivity index (χ2n) is 8.82.